The third kappa shape index (κ3) is 7.19. The summed E-state index contributed by atoms with van der Waals surface area (Å²) in [5.41, 5.74) is 5.30. The van der Waals surface area contributed by atoms with Gasteiger partial charge in [-0.1, -0.05) is 59.6 Å². The maximum absolute atomic E-state index is 11.5. The normalized spacial score (nSPS) is 18.0. The standard InChI is InChI=1S/C34H37Cl2N7O4/c1-46-33-28(15-37-14-20-11-12-30(45)40-20)38-16-26(41-33)24-9-3-7-22(31(24)35)23-8-4-10-25(32(23)36)27-17-39-29(34(42-27)47-2)18-43-13-5-6-21(43)19-44/h3-4,7-10,16-17,20-21,37,44H,5-6,11-15,18-19H2,1-2H3,(H,40,45)/t20-,21-/m0/s1. The van der Waals surface area contributed by atoms with Gasteiger partial charge in [0.15, 0.2) is 0 Å². The Bertz CT molecular complexity index is 1760. The molecule has 2 fully saturated rings. The number of nitrogens with zero attached hydrogens (tertiary/aromatic N) is 5. The maximum Gasteiger partial charge on any atom is 0.237 e. The summed E-state index contributed by atoms with van der Waals surface area (Å²) in [4.78, 5) is 32.5. The fraction of sp³-hybridized carbons (Fsp3) is 0.382. The minimum Gasteiger partial charge on any atom is -0.480 e. The van der Waals surface area contributed by atoms with Crippen LogP contribution in [-0.4, -0.2) is 81.8 Å². The van der Waals surface area contributed by atoms with Crippen molar-refractivity contribution in [2.24, 2.45) is 0 Å². The van der Waals surface area contributed by atoms with E-state index in [4.69, 9.17) is 47.6 Å². The predicted molar refractivity (Wildman–Crippen MR) is 180 cm³/mol. The van der Waals surface area contributed by atoms with E-state index in [0.29, 0.717) is 81.8 Å². The average molecular weight is 679 g/mol. The zero-order chi connectivity index (χ0) is 32.9. The summed E-state index contributed by atoms with van der Waals surface area (Å²) in [6, 6.07) is 11.6. The molecule has 11 nitrogen and oxygen atoms in total. The number of hydrogen-bond acceptors (Lipinski definition) is 10. The molecule has 0 unspecified atom stereocenters. The number of aliphatic hydroxyl groups is 1. The van der Waals surface area contributed by atoms with Crippen LogP contribution in [0.4, 0.5) is 0 Å². The first-order valence-corrected chi connectivity index (χ1v) is 16.4. The van der Waals surface area contributed by atoms with Gasteiger partial charge in [0.1, 0.15) is 11.4 Å². The molecule has 0 radical (unpaired) electrons. The fourth-order valence-corrected chi connectivity index (χ4v) is 6.83. The Morgan fingerprint density at radius 2 is 1.51 bits per heavy atom. The second-order valence-electron chi connectivity index (χ2n) is 11.6. The molecule has 4 aromatic rings. The van der Waals surface area contributed by atoms with Gasteiger partial charge in [0, 0.05) is 60.4 Å². The predicted octanol–water partition coefficient (Wildman–Crippen LogP) is 4.92. The van der Waals surface area contributed by atoms with Crippen molar-refractivity contribution in [1.29, 1.82) is 0 Å². The molecule has 0 spiro atoms. The van der Waals surface area contributed by atoms with Gasteiger partial charge >= 0.3 is 0 Å². The number of rotatable bonds is 12. The number of carbonyl (C=O) groups is 1. The van der Waals surface area contributed by atoms with Crippen molar-refractivity contribution >= 4 is 29.1 Å². The highest BCUT2D eigenvalue weighted by atomic mass is 35.5. The highest BCUT2D eigenvalue weighted by molar-refractivity contribution is 6.39. The molecule has 2 saturated heterocycles. The molecule has 2 aliphatic rings. The first-order valence-electron chi connectivity index (χ1n) is 15.6. The van der Waals surface area contributed by atoms with E-state index >= 15 is 0 Å². The van der Waals surface area contributed by atoms with E-state index in [1.165, 1.54) is 0 Å². The summed E-state index contributed by atoms with van der Waals surface area (Å²) in [6.45, 7) is 2.64. The molecule has 3 N–H and O–H groups in total. The van der Waals surface area contributed by atoms with Crippen LogP contribution in [0, 0.1) is 0 Å². The van der Waals surface area contributed by atoms with Gasteiger partial charge in [-0.25, -0.2) is 9.97 Å². The highest BCUT2D eigenvalue weighted by Crippen LogP contribution is 2.42. The number of amides is 1. The molecule has 2 aliphatic heterocycles. The third-order valence-electron chi connectivity index (χ3n) is 8.68. The van der Waals surface area contributed by atoms with Gasteiger partial charge in [-0.3, -0.25) is 19.7 Å². The second kappa shape index (κ2) is 14.9. The number of hydrogen-bond donors (Lipinski definition) is 3. The zero-order valence-electron chi connectivity index (χ0n) is 26.3. The van der Waals surface area contributed by atoms with Crippen molar-refractivity contribution in [3.63, 3.8) is 0 Å². The van der Waals surface area contributed by atoms with E-state index in [2.05, 4.69) is 20.5 Å². The zero-order valence-corrected chi connectivity index (χ0v) is 27.8. The van der Waals surface area contributed by atoms with Crippen molar-refractivity contribution in [2.45, 2.75) is 50.9 Å². The van der Waals surface area contributed by atoms with Crippen molar-refractivity contribution < 1.29 is 19.4 Å². The third-order valence-corrected chi connectivity index (χ3v) is 9.49. The Hall–Kier alpha value is -3.87. The molecule has 2 aromatic heterocycles. The van der Waals surface area contributed by atoms with Gasteiger partial charge in [-0.15, -0.1) is 0 Å². The average Bonchev–Trinajstić information content (AvgIpc) is 3.73. The minimum atomic E-state index is 0.0830. The molecule has 2 atom stereocenters. The molecule has 2 aromatic carbocycles. The number of ether oxygens (including phenoxy) is 2. The molecular formula is C34H37Cl2N7O4. The molecular weight excluding hydrogens is 641 g/mol. The topological polar surface area (TPSA) is 135 Å². The second-order valence-corrected chi connectivity index (χ2v) is 12.4. The summed E-state index contributed by atoms with van der Waals surface area (Å²) in [5, 5.41) is 16.9. The summed E-state index contributed by atoms with van der Waals surface area (Å²) < 4.78 is 11.2. The van der Waals surface area contributed by atoms with E-state index in [-0.39, 0.29) is 24.6 Å². The molecule has 4 heterocycles. The summed E-state index contributed by atoms with van der Waals surface area (Å²) >= 11 is 14.1. The lowest BCUT2D eigenvalue weighted by Gasteiger charge is -2.22. The van der Waals surface area contributed by atoms with E-state index in [0.717, 1.165) is 36.9 Å². The number of carbonyl (C=O) groups excluding carboxylic acids is 1. The lowest BCUT2D eigenvalue weighted by Crippen LogP contribution is -2.35. The van der Waals surface area contributed by atoms with Crippen LogP contribution in [0.25, 0.3) is 33.6 Å². The van der Waals surface area contributed by atoms with Gasteiger partial charge in [0.05, 0.1) is 54.7 Å². The van der Waals surface area contributed by atoms with Crippen LogP contribution >= 0.6 is 23.2 Å². The quantitative estimate of drug-likeness (QED) is 0.190. The molecule has 1 amide bonds. The Morgan fingerprint density at radius 1 is 0.915 bits per heavy atom. The van der Waals surface area contributed by atoms with Crippen LogP contribution in [0.1, 0.15) is 37.1 Å². The van der Waals surface area contributed by atoms with E-state index in [1.807, 2.05) is 36.4 Å². The number of aromatic nitrogens is 4. The Balaban J connectivity index is 1.24. The van der Waals surface area contributed by atoms with Gasteiger partial charge in [0.25, 0.3) is 0 Å². The summed E-state index contributed by atoms with van der Waals surface area (Å²) in [6.07, 6.45) is 6.75. The van der Waals surface area contributed by atoms with E-state index in [1.54, 1.807) is 26.6 Å². The molecule has 47 heavy (non-hydrogen) atoms. The first kappa shape index (κ1) is 33.0. The Labute approximate surface area is 283 Å². The number of nitrogens with one attached hydrogen (secondary N) is 2. The van der Waals surface area contributed by atoms with Crippen molar-refractivity contribution in [1.82, 2.24) is 35.5 Å². The SMILES string of the molecule is COc1nc(-c2cccc(-c3cccc(-c4cnc(CN5CCC[C@H]5CO)c(OC)n4)c3Cl)c2Cl)cnc1CNC[C@@H]1CCC(=O)N1. The molecule has 6 rings (SSSR count). The minimum absolute atomic E-state index is 0.0830. The van der Waals surface area contributed by atoms with Crippen molar-refractivity contribution in [2.75, 3.05) is 33.9 Å². The number of benzene rings is 2. The van der Waals surface area contributed by atoms with Crippen LogP contribution in [-0.2, 0) is 17.9 Å². The monoisotopic (exact) mass is 677 g/mol. The summed E-state index contributed by atoms with van der Waals surface area (Å²) in [7, 11) is 3.13. The number of likely N-dealkylation sites (tertiary alicyclic amines) is 1. The van der Waals surface area contributed by atoms with Gasteiger partial charge < -0.3 is 25.2 Å². The van der Waals surface area contributed by atoms with Crippen molar-refractivity contribution in [3.05, 3.63) is 70.2 Å². The van der Waals surface area contributed by atoms with Crippen LogP contribution in [0.5, 0.6) is 11.8 Å². The van der Waals surface area contributed by atoms with Crippen LogP contribution in [0.2, 0.25) is 10.0 Å². The highest BCUT2D eigenvalue weighted by Gasteiger charge is 2.26. The summed E-state index contributed by atoms with van der Waals surface area (Å²) in [5.74, 6) is 0.892. The van der Waals surface area contributed by atoms with Crippen LogP contribution in [0.15, 0.2) is 48.8 Å². The Morgan fingerprint density at radius 3 is 2.09 bits per heavy atom. The molecule has 246 valence electrons. The van der Waals surface area contributed by atoms with Gasteiger partial charge in [-0.2, -0.15) is 0 Å². The fourth-order valence-electron chi connectivity index (χ4n) is 6.18. The van der Waals surface area contributed by atoms with Crippen LogP contribution < -0.4 is 20.1 Å². The van der Waals surface area contributed by atoms with Gasteiger partial charge in [-0.05, 0) is 25.8 Å². The lowest BCUT2D eigenvalue weighted by atomic mass is 9.98. The lowest BCUT2D eigenvalue weighted by molar-refractivity contribution is -0.119. The Kier molecular flexibility index (Phi) is 10.5. The molecule has 0 aliphatic carbocycles. The van der Waals surface area contributed by atoms with Crippen LogP contribution in [0.3, 0.4) is 0 Å². The first-order chi connectivity index (χ1) is 22.9. The van der Waals surface area contributed by atoms with Gasteiger partial charge in [0.2, 0.25) is 17.7 Å². The smallest absolute Gasteiger partial charge is 0.237 e. The maximum atomic E-state index is 11.5. The van der Waals surface area contributed by atoms with Crippen molar-refractivity contribution in [3.8, 4) is 45.4 Å². The molecule has 0 saturated carbocycles. The van der Waals surface area contributed by atoms with E-state index < -0.39 is 0 Å². The number of halogens is 2. The molecule has 0 bridgehead atoms. The number of methoxy groups -OCH3 is 2. The number of aliphatic hydroxyl groups excluding tert-OH is 1. The molecule has 13 heteroatoms. The largest absolute Gasteiger partial charge is 0.480 e. The van der Waals surface area contributed by atoms with E-state index in [9.17, 15) is 9.90 Å².